The molecule has 2 atom stereocenters. The van der Waals surface area contributed by atoms with Crippen molar-refractivity contribution >= 4 is 0 Å². The van der Waals surface area contributed by atoms with Crippen molar-refractivity contribution in [1.82, 2.24) is 0 Å². The molecule has 0 saturated heterocycles. The average Bonchev–Trinajstić information content (AvgIpc) is 2.25. The van der Waals surface area contributed by atoms with Crippen molar-refractivity contribution < 1.29 is 10.2 Å². The zero-order valence-electron chi connectivity index (χ0n) is 10.6. The maximum absolute atomic E-state index is 9.89. The van der Waals surface area contributed by atoms with Crippen molar-refractivity contribution in [3.8, 4) is 6.07 Å². The Bertz CT molecular complexity index is 261. The molecule has 1 unspecified atom stereocenters. The second kappa shape index (κ2) is 8.32. The van der Waals surface area contributed by atoms with E-state index in [0.29, 0.717) is 19.3 Å². The molecule has 0 aromatic heterocycles. The lowest BCUT2D eigenvalue weighted by Gasteiger charge is -2.17. The van der Waals surface area contributed by atoms with Gasteiger partial charge in [0.15, 0.2) is 0 Å². The van der Waals surface area contributed by atoms with Gasteiger partial charge in [-0.3, -0.25) is 0 Å². The Balaban J connectivity index is 3.74. The standard InChI is InChI=1S/C13H24NO2/c1-4-12(15)8-6-5-7-9-13(2,16)10-11-14-3/h5-6,12,15-16H,4,7-10H2,1-3H3/q+1/b6-5+/t12?,13-/m0/s1. The lowest BCUT2D eigenvalue weighted by Crippen LogP contribution is -2.22. The lowest BCUT2D eigenvalue weighted by atomic mass is 9.97. The van der Waals surface area contributed by atoms with Crippen molar-refractivity contribution in [2.75, 3.05) is 7.05 Å². The predicted octanol–water partition coefficient (Wildman–Crippen LogP) is 2.59. The second-order valence-electron chi connectivity index (χ2n) is 4.36. The van der Waals surface area contributed by atoms with Crippen LogP contribution < -0.4 is 0 Å². The van der Waals surface area contributed by atoms with Gasteiger partial charge in [0.05, 0.1) is 11.7 Å². The molecule has 0 rings (SSSR count). The Morgan fingerprint density at radius 3 is 2.69 bits per heavy atom. The zero-order chi connectivity index (χ0) is 12.4. The van der Waals surface area contributed by atoms with Gasteiger partial charge >= 0.3 is 0 Å². The van der Waals surface area contributed by atoms with E-state index in [2.05, 4.69) is 10.9 Å². The van der Waals surface area contributed by atoms with Crippen LogP contribution >= 0.6 is 0 Å². The molecule has 2 N–H and O–H groups in total. The molecule has 16 heavy (non-hydrogen) atoms. The summed E-state index contributed by atoms with van der Waals surface area (Å²) in [5, 5.41) is 19.2. The van der Waals surface area contributed by atoms with Crippen LogP contribution in [0.5, 0.6) is 0 Å². The van der Waals surface area contributed by atoms with Crippen LogP contribution in [0, 0.1) is 6.07 Å². The molecule has 92 valence electrons. The summed E-state index contributed by atoms with van der Waals surface area (Å²) >= 11 is 0. The van der Waals surface area contributed by atoms with E-state index in [1.807, 2.05) is 19.1 Å². The molecule has 0 aliphatic heterocycles. The summed E-state index contributed by atoms with van der Waals surface area (Å²) < 4.78 is 0. The maximum Gasteiger partial charge on any atom is 0.275 e. The van der Waals surface area contributed by atoms with E-state index in [1.165, 1.54) is 0 Å². The molecule has 0 saturated carbocycles. The molecule has 0 radical (unpaired) electrons. The van der Waals surface area contributed by atoms with Crippen LogP contribution in [-0.4, -0.2) is 29.0 Å². The lowest BCUT2D eigenvalue weighted by molar-refractivity contribution is 0.0572. The molecule has 0 heterocycles. The summed E-state index contributed by atoms with van der Waals surface area (Å²) in [5.74, 6) is 0. The summed E-state index contributed by atoms with van der Waals surface area (Å²) in [6.07, 6.45) is 7.19. The smallest absolute Gasteiger partial charge is 0.275 e. The number of hydrogen-bond acceptors (Lipinski definition) is 2. The number of hydrogen-bond donors (Lipinski definition) is 2. The van der Waals surface area contributed by atoms with Crippen molar-refractivity contribution in [2.45, 2.75) is 57.7 Å². The van der Waals surface area contributed by atoms with Crippen molar-refractivity contribution in [2.24, 2.45) is 0 Å². The van der Waals surface area contributed by atoms with Gasteiger partial charge in [-0.15, -0.1) is 0 Å². The monoisotopic (exact) mass is 226 g/mol. The van der Waals surface area contributed by atoms with Gasteiger partial charge in [0.2, 0.25) is 0 Å². The minimum atomic E-state index is -0.729. The molecule has 3 nitrogen and oxygen atoms in total. The van der Waals surface area contributed by atoms with E-state index < -0.39 is 5.60 Å². The third-order valence-electron chi connectivity index (χ3n) is 2.51. The minimum Gasteiger partial charge on any atom is -0.393 e. The molecular weight excluding hydrogens is 202 g/mol. The topological polar surface area (TPSA) is 44.8 Å². The maximum atomic E-state index is 9.89. The van der Waals surface area contributed by atoms with Gasteiger partial charge in [0.25, 0.3) is 13.1 Å². The first-order valence-corrected chi connectivity index (χ1v) is 5.89. The molecule has 3 heteroatoms. The van der Waals surface area contributed by atoms with E-state index in [1.54, 1.807) is 14.0 Å². The first-order chi connectivity index (χ1) is 7.52. The fourth-order valence-corrected chi connectivity index (χ4v) is 1.27. The zero-order valence-corrected chi connectivity index (χ0v) is 10.6. The summed E-state index contributed by atoms with van der Waals surface area (Å²) in [7, 11) is 1.65. The number of aliphatic hydroxyl groups is 2. The molecular formula is C13H24NO2+. The Morgan fingerprint density at radius 2 is 2.12 bits per heavy atom. The molecule has 0 aromatic rings. The van der Waals surface area contributed by atoms with Gasteiger partial charge in [-0.05, 0) is 32.6 Å². The van der Waals surface area contributed by atoms with Crippen molar-refractivity contribution in [1.29, 1.82) is 0 Å². The SMILES string of the molecule is CCC(O)C/C=C/CC[C@](C)(O)CC#[N+]C. The third kappa shape index (κ3) is 8.46. The van der Waals surface area contributed by atoms with Crippen molar-refractivity contribution in [3.63, 3.8) is 0 Å². The predicted molar refractivity (Wildman–Crippen MR) is 67.7 cm³/mol. The van der Waals surface area contributed by atoms with Gasteiger partial charge in [0.1, 0.15) is 6.42 Å². The van der Waals surface area contributed by atoms with Crippen LogP contribution in [0.25, 0.3) is 4.85 Å². The molecule has 0 aliphatic carbocycles. The van der Waals surface area contributed by atoms with Crippen LogP contribution in [0.2, 0.25) is 0 Å². The average molecular weight is 226 g/mol. The quantitative estimate of drug-likeness (QED) is 0.655. The number of allylic oxidation sites excluding steroid dienone is 1. The fraction of sp³-hybridized carbons (Fsp3) is 0.769. The van der Waals surface area contributed by atoms with E-state index >= 15 is 0 Å². The summed E-state index contributed by atoms with van der Waals surface area (Å²) in [5.41, 5.74) is -0.729. The van der Waals surface area contributed by atoms with Gasteiger partial charge in [-0.2, -0.15) is 0 Å². The Hall–Kier alpha value is -0.850. The van der Waals surface area contributed by atoms with Gasteiger partial charge in [-0.25, -0.2) is 0 Å². The Labute approximate surface area is 98.6 Å². The Kier molecular flexibility index (Phi) is 7.88. The molecule has 0 amide bonds. The Morgan fingerprint density at radius 1 is 1.44 bits per heavy atom. The highest BCUT2D eigenvalue weighted by Gasteiger charge is 2.20. The highest BCUT2D eigenvalue weighted by atomic mass is 16.3. The summed E-state index contributed by atoms with van der Waals surface area (Å²) in [4.78, 5) is 3.74. The number of aliphatic hydroxyl groups excluding tert-OH is 1. The van der Waals surface area contributed by atoms with E-state index in [-0.39, 0.29) is 6.10 Å². The fourth-order valence-electron chi connectivity index (χ4n) is 1.27. The van der Waals surface area contributed by atoms with Crippen LogP contribution in [0.3, 0.4) is 0 Å². The van der Waals surface area contributed by atoms with E-state index in [0.717, 1.165) is 12.8 Å². The highest BCUT2D eigenvalue weighted by Crippen LogP contribution is 2.16. The minimum absolute atomic E-state index is 0.239. The van der Waals surface area contributed by atoms with Crippen LogP contribution in [0.15, 0.2) is 12.2 Å². The number of rotatable bonds is 7. The molecule has 0 aromatic carbocycles. The highest BCUT2D eigenvalue weighted by molar-refractivity contribution is 4.94. The molecule has 0 spiro atoms. The summed E-state index contributed by atoms with van der Waals surface area (Å²) in [6.45, 7) is 3.75. The van der Waals surface area contributed by atoms with Gasteiger partial charge in [-0.1, -0.05) is 23.9 Å². The van der Waals surface area contributed by atoms with Gasteiger partial charge < -0.3 is 10.2 Å². The van der Waals surface area contributed by atoms with Crippen LogP contribution in [-0.2, 0) is 0 Å². The molecule has 0 bridgehead atoms. The third-order valence-corrected chi connectivity index (χ3v) is 2.51. The molecule has 0 aliphatic rings. The van der Waals surface area contributed by atoms with Crippen LogP contribution in [0.1, 0.15) is 46.0 Å². The van der Waals surface area contributed by atoms with E-state index in [4.69, 9.17) is 0 Å². The second-order valence-corrected chi connectivity index (χ2v) is 4.36. The van der Waals surface area contributed by atoms with Crippen LogP contribution in [0.4, 0.5) is 0 Å². The largest absolute Gasteiger partial charge is 0.393 e. The molecule has 0 fully saturated rings. The summed E-state index contributed by atoms with van der Waals surface area (Å²) in [6, 6.07) is 2.77. The van der Waals surface area contributed by atoms with Crippen molar-refractivity contribution in [3.05, 3.63) is 17.0 Å². The number of nitrogens with zero attached hydrogens (tertiary/aromatic N) is 1. The normalized spacial score (nSPS) is 16.6. The van der Waals surface area contributed by atoms with Gasteiger partial charge in [0, 0.05) is 0 Å². The first kappa shape index (κ1) is 15.2. The van der Waals surface area contributed by atoms with E-state index in [9.17, 15) is 10.2 Å². The first-order valence-electron chi connectivity index (χ1n) is 5.89.